The topological polar surface area (TPSA) is 66.4 Å². The monoisotopic (exact) mass is 313 g/mol. The van der Waals surface area contributed by atoms with Crippen LogP contribution in [0.1, 0.15) is 29.8 Å². The molecule has 0 saturated heterocycles. The molecule has 2 N–H and O–H groups in total. The Balaban J connectivity index is 2.90. The molecule has 1 rings (SSSR count). The van der Waals surface area contributed by atoms with Crippen LogP contribution < -0.4 is 5.32 Å². The van der Waals surface area contributed by atoms with Gasteiger partial charge in [0, 0.05) is 10.0 Å². The fourth-order valence-electron chi connectivity index (χ4n) is 1.61. The number of hydrogen-bond acceptors (Lipinski definition) is 2. The SMILES string of the molecule is Cc1cc(Br)cc(C(=O)N[C@H](C(=O)O)C(C)C)c1. The number of rotatable bonds is 4. The van der Waals surface area contributed by atoms with Gasteiger partial charge in [-0.3, -0.25) is 4.79 Å². The van der Waals surface area contributed by atoms with E-state index in [4.69, 9.17) is 5.11 Å². The highest BCUT2D eigenvalue weighted by molar-refractivity contribution is 9.10. The van der Waals surface area contributed by atoms with Crippen LogP contribution in [0.4, 0.5) is 0 Å². The van der Waals surface area contributed by atoms with Gasteiger partial charge in [0.2, 0.25) is 0 Å². The van der Waals surface area contributed by atoms with Crippen LogP contribution in [0.5, 0.6) is 0 Å². The van der Waals surface area contributed by atoms with E-state index in [-0.39, 0.29) is 11.8 Å². The largest absolute Gasteiger partial charge is 0.480 e. The predicted octanol–water partition coefficient (Wildman–Crippen LogP) is 2.60. The molecule has 1 aromatic rings. The third-order valence-corrected chi connectivity index (χ3v) is 2.98. The van der Waals surface area contributed by atoms with E-state index in [1.807, 2.05) is 13.0 Å². The molecule has 0 aliphatic carbocycles. The van der Waals surface area contributed by atoms with Gasteiger partial charge in [-0.05, 0) is 36.6 Å². The van der Waals surface area contributed by atoms with E-state index in [1.165, 1.54) is 0 Å². The molecule has 0 radical (unpaired) electrons. The van der Waals surface area contributed by atoms with Crippen LogP contribution in [0.2, 0.25) is 0 Å². The molecule has 5 heteroatoms. The molecular formula is C13H16BrNO3. The Morgan fingerprint density at radius 2 is 1.89 bits per heavy atom. The summed E-state index contributed by atoms with van der Waals surface area (Å²) in [6, 6.07) is 4.39. The molecule has 1 amide bonds. The highest BCUT2D eigenvalue weighted by Gasteiger charge is 2.23. The van der Waals surface area contributed by atoms with Crippen LogP contribution in [0.3, 0.4) is 0 Å². The van der Waals surface area contributed by atoms with Crippen LogP contribution in [0, 0.1) is 12.8 Å². The average molecular weight is 314 g/mol. The summed E-state index contributed by atoms with van der Waals surface area (Å²) in [5, 5.41) is 11.6. The number of carboxylic acid groups (broad SMARTS) is 1. The lowest BCUT2D eigenvalue weighted by Gasteiger charge is -2.18. The second kappa shape index (κ2) is 6.00. The van der Waals surface area contributed by atoms with E-state index in [0.29, 0.717) is 5.56 Å². The Hall–Kier alpha value is -1.36. The molecule has 18 heavy (non-hydrogen) atoms. The second-order valence-corrected chi connectivity index (χ2v) is 5.47. The van der Waals surface area contributed by atoms with Crippen molar-refractivity contribution in [2.24, 2.45) is 5.92 Å². The summed E-state index contributed by atoms with van der Waals surface area (Å²) in [5.41, 5.74) is 1.39. The summed E-state index contributed by atoms with van der Waals surface area (Å²) in [7, 11) is 0. The molecule has 98 valence electrons. The Labute approximate surface area is 115 Å². The first-order valence-electron chi connectivity index (χ1n) is 5.62. The number of nitrogens with one attached hydrogen (secondary N) is 1. The zero-order valence-corrected chi connectivity index (χ0v) is 12.1. The number of carbonyl (C=O) groups is 2. The number of aryl methyl sites for hydroxylation is 1. The fourth-order valence-corrected chi connectivity index (χ4v) is 2.21. The predicted molar refractivity (Wildman–Crippen MR) is 72.6 cm³/mol. The van der Waals surface area contributed by atoms with E-state index in [2.05, 4.69) is 21.2 Å². The maximum absolute atomic E-state index is 12.0. The maximum atomic E-state index is 12.0. The maximum Gasteiger partial charge on any atom is 0.326 e. The lowest BCUT2D eigenvalue weighted by atomic mass is 10.0. The first kappa shape index (κ1) is 14.7. The Morgan fingerprint density at radius 1 is 1.28 bits per heavy atom. The minimum absolute atomic E-state index is 0.167. The molecule has 0 saturated carbocycles. The highest BCUT2D eigenvalue weighted by Crippen LogP contribution is 2.15. The summed E-state index contributed by atoms with van der Waals surface area (Å²) in [6.07, 6.45) is 0. The van der Waals surface area contributed by atoms with Crippen LogP contribution in [-0.4, -0.2) is 23.0 Å². The first-order chi connectivity index (χ1) is 8.31. The highest BCUT2D eigenvalue weighted by atomic mass is 79.9. The van der Waals surface area contributed by atoms with Crippen molar-refractivity contribution in [2.45, 2.75) is 26.8 Å². The van der Waals surface area contributed by atoms with E-state index in [9.17, 15) is 9.59 Å². The summed E-state index contributed by atoms with van der Waals surface area (Å²) >= 11 is 3.31. The standard InChI is InChI=1S/C13H16BrNO3/c1-7(2)11(13(17)18)15-12(16)9-4-8(3)5-10(14)6-9/h4-7,11H,1-3H3,(H,15,16)(H,17,18)/t11-/m0/s1. The van der Waals surface area contributed by atoms with Crippen molar-refractivity contribution >= 4 is 27.8 Å². The van der Waals surface area contributed by atoms with Gasteiger partial charge in [-0.1, -0.05) is 29.8 Å². The third kappa shape index (κ3) is 3.84. The van der Waals surface area contributed by atoms with Crippen LogP contribution in [0.15, 0.2) is 22.7 Å². The van der Waals surface area contributed by atoms with Crippen molar-refractivity contribution in [3.63, 3.8) is 0 Å². The summed E-state index contributed by atoms with van der Waals surface area (Å²) in [6.45, 7) is 5.38. The van der Waals surface area contributed by atoms with E-state index in [0.717, 1.165) is 10.0 Å². The molecular weight excluding hydrogens is 298 g/mol. The number of carboxylic acids is 1. The van der Waals surface area contributed by atoms with Crippen molar-refractivity contribution < 1.29 is 14.7 Å². The molecule has 1 aromatic carbocycles. The molecule has 0 heterocycles. The lowest BCUT2D eigenvalue weighted by molar-refractivity contribution is -0.140. The Morgan fingerprint density at radius 3 is 2.33 bits per heavy atom. The van der Waals surface area contributed by atoms with Crippen LogP contribution in [0.25, 0.3) is 0 Å². The van der Waals surface area contributed by atoms with Gasteiger partial charge < -0.3 is 10.4 Å². The molecule has 4 nitrogen and oxygen atoms in total. The summed E-state index contributed by atoms with van der Waals surface area (Å²) in [5.74, 6) is -1.56. The minimum Gasteiger partial charge on any atom is -0.480 e. The summed E-state index contributed by atoms with van der Waals surface area (Å²) < 4.78 is 0.795. The van der Waals surface area contributed by atoms with Gasteiger partial charge in [-0.2, -0.15) is 0 Å². The zero-order valence-electron chi connectivity index (χ0n) is 10.5. The molecule has 1 atom stereocenters. The average Bonchev–Trinajstić information content (AvgIpc) is 2.23. The lowest BCUT2D eigenvalue weighted by Crippen LogP contribution is -2.44. The van der Waals surface area contributed by atoms with Gasteiger partial charge >= 0.3 is 5.97 Å². The number of halogens is 1. The Kier molecular flexibility index (Phi) is 4.90. The van der Waals surface area contributed by atoms with Crippen LogP contribution in [-0.2, 0) is 4.79 Å². The quantitative estimate of drug-likeness (QED) is 0.898. The number of aliphatic carboxylic acids is 1. The van der Waals surface area contributed by atoms with E-state index in [1.54, 1.807) is 26.0 Å². The molecule has 0 aromatic heterocycles. The zero-order chi connectivity index (χ0) is 13.9. The molecule has 0 unspecified atom stereocenters. The molecule has 0 spiro atoms. The molecule has 0 fully saturated rings. The minimum atomic E-state index is -1.02. The first-order valence-corrected chi connectivity index (χ1v) is 6.41. The number of amides is 1. The van der Waals surface area contributed by atoms with Gasteiger partial charge in [-0.25, -0.2) is 4.79 Å². The number of hydrogen-bond donors (Lipinski definition) is 2. The van der Waals surface area contributed by atoms with E-state index >= 15 is 0 Å². The van der Waals surface area contributed by atoms with Gasteiger partial charge in [0.05, 0.1) is 0 Å². The molecule has 0 aliphatic heterocycles. The van der Waals surface area contributed by atoms with Crippen LogP contribution >= 0.6 is 15.9 Å². The van der Waals surface area contributed by atoms with Gasteiger partial charge in [-0.15, -0.1) is 0 Å². The van der Waals surface area contributed by atoms with Gasteiger partial charge in [0.15, 0.2) is 0 Å². The van der Waals surface area contributed by atoms with Crippen molar-refractivity contribution in [3.8, 4) is 0 Å². The normalized spacial score (nSPS) is 12.3. The van der Waals surface area contributed by atoms with E-state index < -0.39 is 12.0 Å². The summed E-state index contributed by atoms with van der Waals surface area (Å²) in [4.78, 5) is 23.0. The van der Waals surface area contributed by atoms with Crippen molar-refractivity contribution in [2.75, 3.05) is 0 Å². The molecule has 0 bridgehead atoms. The van der Waals surface area contributed by atoms with Crippen molar-refractivity contribution in [3.05, 3.63) is 33.8 Å². The smallest absolute Gasteiger partial charge is 0.326 e. The molecule has 0 aliphatic rings. The number of benzene rings is 1. The van der Waals surface area contributed by atoms with Crippen molar-refractivity contribution in [1.82, 2.24) is 5.32 Å². The number of carbonyl (C=O) groups excluding carboxylic acids is 1. The third-order valence-electron chi connectivity index (χ3n) is 2.52. The van der Waals surface area contributed by atoms with Gasteiger partial charge in [0.25, 0.3) is 5.91 Å². The van der Waals surface area contributed by atoms with Crippen molar-refractivity contribution in [1.29, 1.82) is 0 Å². The second-order valence-electron chi connectivity index (χ2n) is 4.55. The fraction of sp³-hybridized carbons (Fsp3) is 0.385. The van der Waals surface area contributed by atoms with Gasteiger partial charge in [0.1, 0.15) is 6.04 Å². The Bertz CT molecular complexity index is 451.